The summed E-state index contributed by atoms with van der Waals surface area (Å²) in [5.41, 5.74) is -0.425. The number of amides is 1. The largest absolute Gasteiger partial charge is 0.444 e. The van der Waals surface area contributed by atoms with E-state index in [0.29, 0.717) is 6.04 Å². The maximum atomic E-state index is 11.4. The van der Waals surface area contributed by atoms with Gasteiger partial charge in [-0.05, 0) is 40.5 Å². The molecule has 0 aliphatic heterocycles. The van der Waals surface area contributed by atoms with Crippen molar-refractivity contribution in [1.82, 2.24) is 10.6 Å². The van der Waals surface area contributed by atoms with Gasteiger partial charge in [-0.1, -0.05) is 6.42 Å². The van der Waals surface area contributed by atoms with Crippen LogP contribution < -0.4 is 10.6 Å². The second kappa shape index (κ2) is 5.53. The molecule has 0 radical (unpaired) electrons. The fourth-order valence-corrected chi connectivity index (χ4v) is 1.52. The number of nitrogens with one attached hydrogen (secondary N) is 2. The highest BCUT2D eigenvalue weighted by molar-refractivity contribution is 5.68. The number of hydrogen-bond acceptors (Lipinski definition) is 3. The minimum Gasteiger partial charge on any atom is -0.444 e. The van der Waals surface area contributed by atoms with Crippen molar-refractivity contribution in [2.24, 2.45) is 0 Å². The van der Waals surface area contributed by atoms with E-state index in [0.717, 1.165) is 6.54 Å². The van der Waals surface area contributed by atoms with Crippen LogP contribution in [-0.4, -0.2) is 30.3 Å². The van der Waals surface area contributed by atoms with E-state index < -0.39 is 5.60 Å². The van der Waals surface area contributed by atoms with Crippen molar-refractivity contribution in [1.29, 1.82) is 0 Å². The Balaban J connectivity index is 2.12. The molecule has 0 spiro atoms. The zero-order valence-corrected chi connectivity index (χ0v) is 10.8. The third-order valence-corrected chi connectivity index (χ3v) is 2.58. The molecule has 1 aliphatic rings. The van der Waals surface area contributed by atoms with Gasteiger partial charge >= 0.3 is 6.09 Å². The van der Waals surface area contributed by atoms with Gasteiger partial charge < -0.3 is 15.4 Å². The summed E-state index contributed by atoms with van der Waals surface area (Å²) in [5.74, 6) is 0. The van der Waals surface area contributed by atoms with Crippen LogP contribution in [0.25, 0.3) is 0 Å². The summed E-state index contributed by atoms with van der Waals surface area (Å²) in [7, 11) is 0. The molecule has 94 valence electrons. The average Bonchev–Trinajstić information content (AvgIpc) is 1.96. The summed E-state index contributed by atoms with van der Waals surface area (Å²) < 4.78 is 5.18. The molecule has 0 unspecified atom stereocenters. The molecule has 16 heavy (non-hydrogen) atoms. The van der Waals surface area contributed by atoms with Gasteiger partial charge in [0.2, 0.25) is 0 Å². The molecule has 4 heteroatoms. The third-order valence-electron chi connectivity index (χ3n) is 2.58. The van der Waals surface area contributed by atoms with E-state index in [9.17, 15) is 4.79 Å². The number of rotatable bonds is 4. The van der Waals surface area contributed by atoms with Crippen LogP contribution >= 0.6 is 0 Å². The van der Waals surface area contributed by atoms with E-state index in [1.54, 1.807) is 0 Å². The maximum absolute atomic E-state index is 11.4. The molecule has 0 aromatic rings. The standard InChI is InChI=1S/C12H24N2O2/c1-9(8-13-10-6-5-7-10)14-11(15)16-12(2,3)4/h9-10,13H,5-8H2,1-4H3,(H,14,15)/t9-/m1/s1. The van der Waals surface area contributed by atoms with Crippen LogP contribution in [0.5, 0.6) is 0 Å². The summed E-state index contributed by atoms with van der Waals surface area (Å²) in [4.78, 5) is 11.4. The Morgan fingerprint density at radius 3 is 2.50 bits per heavy atom. The first-order chi connectivity index (χ1) is 7.37. The van der Waals surface area contributed by atoms with Crippen molar-refractivity contribution < 1.29 is 9.53 Å². The molecule has 0 saturated heterocycles. The zero-order chi connectivity index (χ0) is 12.2. The van der Waals surface area contributed by atoms with Crippen LogP contribution in [0.1, 0.15) is 47.0 Å². The van der Waals surface area contributed by atoms with Crippen LogP contribution in [0.2, 0.25) is 0 Å². The lowest BCUT2D eigenvalue weighted by Gasteiger charge is -2.28. The van der Waals surface area contributed by atoms with Crippen LogP contribution in [0.15, 0.2) is 0 Å². The second-order valence-corrected chi connectivity index (χ2v) is 5.58. The lowest BCUT2D eigenvalue weighted by molar-refractivity contribution is 0.0507. The number of carbonyl (C=O) groups excluding carboxylic acids is 1. The van der Waals surface area contributed by atoms with Crippen molar-refractivity contribution in [3.63, 3.8) is 0 Å². The minimum absolute atomic E-state index is 0.107. The molecule has 1 aliphatic carbocycles. The molecule has 0 bridgehead atoms. The van der Waals surface area contributed by atoms with E-state index in [2.05, 4.69) is 10.6 Å². The van der Waals surface area contributed by atoms with Gasteiger partial charge in [-0.25, -0.2) is 4.79 Å². The van der Waals surface area contributed by atoms with Gasteiger partial charge in [-0.2, -0.15) is 0 Å². The molecule has 0 aromatic carbocycles. The van der Waals surface area contributed by atoms with Gasteiger partial charge in [0.05, 0.1) is 0 Å². The molecule has 2 N–H and O–H groups in total. The lowest BCUT2D eigenvalue weighted by atomic mass is 9.93. The highest BCUT2D eigenvalue weighted by atomic mass is 16.6. The molecular weight excluding hydrogens is 204 g/mol. The third kappa shape index (κ3) is 5.35. The lowest BCUT2D eigenvalue weighted by Crippen LogP contribution is -2.46. The Morgan fingerprint density at radius 1 is 1.44 bits per heavy atom. The van der Waals surface area contributed by atoms with E-state index in [1.165, 1.54) is 19.3 Å². The van der Waals surface area contributed by atoms with Gasteiger partial charge in [-0.15, -0.1) is 0 Å². The van der Waals surface area contributed by atoms with Gasteiger partial charge in [0, 0.05) is 18.6 Å². The maximum Gasteiger partial charge on any atom is 0.407 e. The van der Waals surface area contributed by atoms with Crippen molar-refractivity contribution in [2.45, 2.75) is 64.6 Å². The monoisotopic (exact) mass is 228 g/mol. The van der Waals surface area contributed by atoms with Gasteiger partial charge in [0.25, 0.3) is 0 Å². The number of ether oxygens (including phenoxy) is 1. The first-order valence-corrected chi connectivity index (χ1v) is 6.10. The molecule has 0 aromatic heterocycles. The minimum atomic E-state index is -0.425. The first kappa shape index (κ1) is 13.3. The summed E-state index contributed by atoms with van der Waals surface area (Å²) in [6.45, 7) is 8.39. The van der Waals surface area contributed by atoms with Gasteiger partial charge in [0.1, 0.15) is 5.60 Å². The molecule has 1 saturated carbocycles. The topological polar surface area (TPSA) is 50.4 Å². The Kier molecular flexibility index (Phi) is 4.59. The van der Waals surface area contributed by atoms with E-state index >= 15 is 0 Å². The quantitative estimate of drug-likeness (QED) is 0.774. The van der Waals surface area contributed by atoms with Crippen LogP contribution in [0.4, 0.5) is 4.79 Å². The van der Waals surface area contributed by atoms with E-state index in [4.69, 9.17) is 4.74 Å². The fourth-order valence-electron chi connectivity index (χ4n) is 1.52. The molecule has 1 fully saturated rings. The number of carbonyl (C=O) groups is 1. The molecule has 1 rings (SSSR count). The molecule has 1 atom stereocenters. The Hall–Kier alpha value is -0.770. The highest BCUT2D eigenvalue weighted by Crippen LogP contribution is 2.17. The Bertz CT molecular complexity index is 232. The summed E-state index contributed by atoms with van der Waals surface area (Å²) >= 11 is 0. The summed E-state index contributed by atoms with van der Waals surface area (Å²) in [6.07, 6.45) is 3.51. The number of alkyl carbamates (subject to hydrolysis) is 1. The molecule has 0 heterocycles. The average molecular weight is 228 g/mol. The van der Waals surface area contributed by atoms with Crippen molar-refractivity contribution in [3.8, 4) is 0 Å². The highest BCUT2D eigenvalue weighted by Gasteiger charge is 2.20. The predicted molar refractivity (Wildman–Crippen MR) is 64.5 cm³/mol. The molecular formula is C12H24N2O2. The van der Waals surface area contributed by atoms with Crippen molar-refractivity contribution in [3.05, 3.63) is 0 Å². The van der Waals surface area contributed by atoms with Crippen LogP contribution in [-0.2, 0) is 4.74 Å². The second-order valence-electron chi connectivity index (χ2n) is 5.58. The predicted octanol–water partition coefficient (Wildman–Crippen LogP) is 2.04. The van der Waals surface area contributed by atoms with Crippen molar-refractivity contribution in [2.75, 3.05) is 6.54 Å². The van der Waals surface area contributed by atoms with Gasteiger partial charge in [-0.3, -0.25) is 0 Å². The Morgan fingerprint density at radius 2 is 2.06 bits per heavy atom. The normalized spacial score (nSPS) is 18.8. The summed E-state index contributed by atoms with van der Waals surface area (Å²) in [6, 6.07) is 0.762. The fraction of sp³-hybridized carbons (Fsp3) is 0.917. The molecule has 1 amide bonds. The first-order valence-electron chi connectivity index (χ1n) is 6.10. The van der Waals surface area contributed by atoms with Gasteiger partial charge in [0.15, 0.2) is 0 Å². The van der Waals surface area contributed by atoms with E-state index in [-0.39, 0.29) is 12.1 Å². The number of hydrogen-bond donors (Lipinski definition) is 2. The molecule has 4 nitrogen and oxygen atoms in total. The zero-order valence-electron chi connectivity index (χ0n) is 10.8. The van der Waals surface area contributed by atoms with E-state index in [1.807, 2.05) is 27.7 Å². The van der Waals surface area contributed by atoms with Crippen molar-refractivity contribution >= 4 is 6.09 Å². The SMILES string of the molecule is C[C@H](CNC1CCC1)NC(=O)OC(C)(C)C. The smallest absolute Gasteiger partial charge is 0.407 e. The van der Waals surface area contributed by atoms with Crippen LogP contribution in [0, 0.1) is 0 Å². The van der Waals surface area contributed by atoms with Crippen LogP contribution in [0.3, 0.4) is 0 Å². The Labute approximate surface area is 98.1 Å². The summed E-state index contributed by atoms with van der Waals surface area (Å²) in [5, 5.41) is 6.23.